The third-order valence-corrected chi connectivity index (χ3v) is 3.95. The van der Waals surface area contributed by atoms with Crippen molar-refractivity contribution in [3.63, 3.8) is 0 Å². The fourth-order valence-electron chi connectivity index (χ4n) is 2.73. The van der Waals surface area contributed by atoms with Crippen molar-refractivity contribution < 1.29 is 9.53 Å². The maximum atomic E-state index is 11.8. The van der Waals surface area contributed by atoms with E-state index in [0.29, 0.717) is 5.56 Å². The number of hydrogen-bond donors (Lipinski definition) is 0. The lowest BCUT2D eigenvalue weighted by molar-refractivity contribution is 0.0601. The van der Waals surface area contributed by atoms with Crippen LogP contribution in [0.25, 0.3) is 0 Å². The highest BCUT2D eigenvalue weighted by molar-refractivity contribution is 5.96. The van der Waals surface area contributed by atoms with E-state index in [1.165, 1.54) is 7.11 Å². The monoisotopic (exact) mass is 258 g/mol. The summed E-state index contributed by atoms with van der Waals surface area (Å²) in [5.74, 6) is -0.370. The van der Waals surface area contributed by atoms with Crippen LogP contribution in [0.3, 0.4) is 0 Å². The summed E-state index contributed by atoms with van der Waals surface area (Å²) in [5.41, 5.74) is 1.12. The molecule has 1 saturated heterocycles. The van der Waals surface area contributed by atoms with Gasteiger partial charge < -0.3 is 9.64 Å². The lowest BCUT2D eigenvalue weighted by Gasteiger charge is -2.36. The molecular formula is C15H18N2O2. The summed E-state index contributed by atoms with van der Waals surface area (Å²) >= 11 is 0. The first-order valence-corrected chi connectivity index (χ1v) is 6.37. The Morgan fingerprint density at radius 1 is 1.47 bits per heavy atom. The van der Waals surface area contributed by atoms with Gasteiger partial charge in [-0.1, -0.05) is 12.1 Å². The zero-order valence-corrected chi connectivity index (χ0v) is 11.5. The zero-order valence-electron chi connectivity index (χ0n) is 11.5. The Hall–Kier alpha value is -2.02. The van der Waals surface area contributed by atoms with E-state index in [4.69, 9.17) is 4.74 Å². The minimum absolute atomic E-state index is 0.0294. The first-order valence-electron chi connectivity index (χ1n) is 6.37. The molecule has 1 aliphatic heterocycles. The average molecular weight is 258 g/mol. The molecule has 0 aromatic heterocycles. The van der Waals surface area contributed by atoms with Crippen LogP contribution in [0, 0.1) is 17.2 Å². The standard InChI is InChI=1S/C15H18N2O2/c1-15(2)11(10-16)8-9-17(15)13-7-5-4-6-12(13)14(18)19-3/h4-7,11H,8-9H2,1-3H3. The number of benzene rings is 1. The summed E-state index contributed by atoms with van der Waals surface area (Å²) < 4.78 is 4.83. The van der Waals surface area contributed by atoms with Crippen molar-refractivity contribution in [1.82, 2.24) is 0 Å². The van der Waals surface area contributed by atoms with Gasteiger partial charge in [0.1, 0.15) is 0 Å². The first kappa shape index (κ1) is 13.4. The zero-order chi connectivity index (χ0) is 14.0. The third kappa shape index (κ3) is 2.17. The van der Waals surface area contributed by atoms with Gasteiger partial charge in [-0.25, -0.2) is 4.79 Å². The number of hydrogen-bond acceptors (Lipinski definition) is 4. The Morgan fingerprint density at radius 3 is 2.74 bits per heavy atom. The fraction of sp³-hybridized carbons (Fsp3) is 0.467. The topological polar surface area (TPSA) is 53.3 Å². The molecule has 1 atom stereocenters. The van der Waals surface area contributed by atoms with Crippen LogP contribution in [0.2, 0.25) is 0 Å². The van der Waals surface area contributed by atoms with E-state index in [1.54, 1.807) is 6.07 Å². The normalized spacial score (nSPS) is 20.9. The summed E-state index contributed by atoms with van der Waals surface area (Å²) in [5, 5.41) is 9.22. The van der Waals surface area contributed by atoms with Gasteiger partial charge in [0.2, 0.25) is 0 Å². The Kier molecular flexibility index (Phi) is 3.48. The van der Waals surface area contributed by atoms with Gasteiger partial charge in [-0.15, -0.1) is 0 Å². The molecule has 100 valence electrons. The molecule has 0 bridgehead atoms. The van der Waals surface area contributed by atoms with Crippen molar-refractivity contribution in [2.24, 2.45) is 5.92 Å². The van der Waals surface area contributed by atoms with E-state index in [1.807, 2.05) is 32.0 Å². The number of nitrogens with zero attached hydrogens (tertiary/aromatic N) is 2. The molecule has 0 spiro atoms. The number of carbonyl (C=O) groups is 1. The molecule has 1 aliphatic rings. The molecule has 1 aromatic carbocycles. The molecule has 4 heteroatoms. The lowest BCUT2D eigenvalue weighted by Crippen LogP contribution is -2.43. The molecule has 0 saturated carbocycles. The fourth-order valence-corrected chi connectivity index (χ4v) is 2.73. The SMILES string of the molecule is COC(=O)c1ccccc1N1CCC(C#N)C1(C)C. The number of anilines is 1. The molecule has 0 aliphatic carbocycles. The van der Waals surface area contributed by atoms with Gasteiger partial charge in [0, 0.05) is 6.54 Å². The molecule has 4 nitrogen and oxygen atoms in total. The molecular weight excluding hydrogens is 240 g/mol. The van der Waals surface area contributed by atoms with E-state index in [2.05, 4.69) is 11.0 Å². The van der Waals surface area contributed by atoms with Crippen molar-refractivity contribution in [1.29, 1.82) is 5.26 Å². The predicted octanol–water partition coefficient (Wildman–Crippen LogP) is 2.60. The van der Waals surface area contributed by atoms with E-state index in [9.17, 15) is 10.1 Å². The van der Waals surface area contributed by atoms with Crippen molar-refractivity contribution >= 4 is 11.7 Å². The summed E-state index contributed by atoms with van der Waals surface area (Å²) in [6, 6.07) is 9.75. The van der Waals surface area contributed by atoms with Crippen LogP contribution in [-0.4, -0.2) is 25.2 Å². The number of rotatable bonds is 2. The smallest absolute Gasteiger partial charge is 0.339 e. The molecule has 1 unspecified atom stereocenters. The van der Waals surface area contributed by atoms with Gasteiger partial charge >= 0.3 is 5.97 Å². The van der Waals surface area contributed by atoms with Crippen LogP contribution in [-0.2, 0) is 4.74 Å². The van der Waals surface area contributed by atoms with Gasteiger partial charge in [0.15, 0.2) is 0 Å². The van der Waals surface area contributed by atoms with Crippen molar-refractivity contribution in [3.05, 3.63) is 29.8 Å². The average Bonchev–Trinajstić information content (AvgIpc) is 2.72. The quantitative estimate of drug-likeness (QED) is 0.765. The van der Waals surface area contributed by atoms with Gasteiger partial charge in [-0.05, 0) is 32.4 Å². The number of ether oxygens (including phenoxy) is 1. The lowest BCUT2D eigenvalue weighted by atomic mass is 9.89. The summed E-state index contributed by atoms with van der Waals surface area (Å²) in [7, 11) is 1.38. The highest BCUT2D eigenvalue weighted by Crippen LogP contribution is 2.39. The maximum absolute atomic E-state index is 11.8. The molecule has 2 rings (SSSR count). The highest BCUT2D eigenvalue weighted by atomic mass is 16.5. The van der Waals surface area contributed by atoms with Crippen molar-refractivity contribution in [2.75, 3.05) is 18.6 Å². The Balaban J connectivity index is 2.44. The van der Waals surface area contributed by atoms with Crippen molar-refractivity contribution in [2.45, 2.75) is 25.8 Å². The van der Waals surface area contributed by atoms with Crippen LogP contribution in [0.1, 0.15) is 30.6 Å². The van der Waals surface area contributed by atoms with Gasteiger partial charge in [0.25, 0.3) is 0 Å². The number of esters is 1. The molecule has 0 N–H and O–H groups in total. The summed E-state index contributed by atoms with van der Waals surface area (Å²) in [6.45, 7) is 4.86. The maximum Gasteiger partial charge on any atom is 0.339 e. The van der Waals surface area contributed by atoms with E-state index >= 15 is 0 Å². The Labute approximate surface area is 113 Å². The largest absolute Gasteiger partial charge is 0.465 e. The molecule has 1 aromatic rings. The van der Waals surface area contributed by atoms with Crippen LogP contribution >= 0.6 is 0 Å². The number of methoxy groups -OCH3 is 1. The van der Waals surface area contributed by atoms with Crippen LogP contribution < -0.4 is 4.90 Å². The number of carbonyl (C=O) groups excluding carboxylic acids is 1. The van der Waals surface area contributed by atoms with Gasteiger partial charge in [-0.2, -0.15) is 5.26 Å². The highest BCUT2D eigenvalue weighted by Gasteiger charge is 2.42. The number of para-hydroxylation sites is 1. The Morgan fingerprint density at radius 2 is 2.16 bits per heavy atom. The van der Waals surface area contributed by atoms with E-state index < -0.39 is 0 Å². The minimum Gasteiger partial charge on any atom is -0.465 e. The summed E-state index contributed by atoms with van der Waals surface area (Å²) in [6.07, 6.45) is 0.818. The van der Waals surface area contributed by atoms with Gasteiger partial charge in [0.05, 0.1) is 35.9 Å². The second kappa shape index (κ2) is 4.93. The molecule has 19 heavy (non-hydrogen) atoms. The third-order valence-electron chi connectivity index (χ3n) is 3.95. The first-order chi connectivity index (χ1) is 9.02. The molecule has 0 amide bonds. The predicted molar refractivity (Wildman–Crippen MR) is 72.9 cm³/mol. The molecule has 1 fully saturated rings. The molecule has 0 radical (unpaired) electrons. The number of nitriles is 1. The second-order valence-corrected chi connectivity index (χ2v) is 5.28. The second-order valence-electron chi connectivity index (χ2n) is 5.28. The Bertz CT molecular complexity index is 531. The van der Waals surface area contributed by atoms with E-state index in [-0.39, 0.29) is 17.4 Å². The van der Waals surface area contributed by atoms with E-state index in [0.717, 1.165) is 18.7 Å². The van der Waals surface area contributed by atoms with Crippen molar-refractivity contribution in [3.8, 4) is 6.07 Å². The van der Waals surface area contributed by atoms with Gasteiger partial charge in [-0.3, -0.25) is 0 Å². The minimum atomic E-state index is -0.341. The van der Waals surface area contributed by atoms with Crippen LogP contribution in [0.5, 0.6) is 0 Å². The molecule has 1 heterocycles. The van der Waals surface area contributed by atoms with Crippen LogP contribution in [0.4, 0.5) is 5.69 Å². The summed E-state index contributed by atoms with van der Waals surface area (Å²) in [4.78, 5) is 14.0. The van der Waals surface area contributed by atoms with Crippen LogP contribution in [0.15, 0.2) is 24.3 Å².